The number of rotatable bonds is 5. The number of carbonyl (C=O) groups is 1. The van der Waals surface area contributed by atoms with E-state index in [1.54, 1.807) is 12.1 Å². The molecule has 126 valence electrons. The largest absolute Gasteiger partial charge is 0.339 e. The topological polar surface area (TPSA) is 66.9 Å². The molecule has 0 fully saturated rings. The average Bonchev–Trinajstić information content (AvgIpc) is 2.64. The SMILES string of the molecule is CCc1ccc(Nc2ccc(NC(=O)c3ccc(F)cc3)nn2)cc1. The van der Waals surface area contributed by atoms with Crippen molar-refractivity contribution in [2.45, 2.75) is 13.3 Å². The lowest BCUT2D eigenvalue weighted by Gasteiger charge is -2.07. The van der Waals surface area contributed by atoms with E-state index in [0.29, 0.717) is 17.2 Å². The van der Waals surface area contributed by atoms with Crippen LogP contribution in [0, 0.1) is 5.82 Å². The molecule has 2 aromatic carbocycles. The van der Waals surface area contributed by atoms with Gasteiger partial charge in [0.05, 0.1) is 0 Å². The molecule has 1 aromatic heterocycles. The first kappa shape index (κ1) is 16.6. The number of hydrogen-bond donors (Lipinski definition) is 2. The summed E-state index contributed by atoms with van der Waals surface area (Å²) in [4.78, 5) is 12.0. The second-order valence-electron chi connectivity index (χ2n) is 5.44. The Morgan fingerprint density at radius 1 is 0.920 bits per heavy atom. The van der Waals surface area contributed by atoms with Crippen LogP contribution in [-0.4, -0.2) is 16.1 Å². The van der Waals surface area contributed by atoms with E-state index < -0.39 is 5.82 Å². The summed E-state index contributed by atoms with van der Waals surface area (Å²) in [5.74, 6) is 0.133. The molecule has 3 aromatic rings. The van der Waals surface area contributed by atoms with Crippen molar-refractivity contribution in [1.82, 2.24) is 10.2 Å². The molecular weight excluding hydrogens is 319 g/mol. The van der Waals surface area contributed by atoms with Crippen LogP contribution in [0.1, 0.15) is 22.8 Å². The Morgan fingerprint density at radius 3 is 2.16 bits per heavy atom. The van der Waals surface area contributed by atoms with Crippen molar-refractivity contribution < 1.29 is 9.18 Å². The summed E-state index contributed by atoms with van der Waals surface area (Å²) in [5, 5.41) is 13.8. The summed E-state index contributed by atoms with van der Waals surface area (Å²) in [6, 6.07) is 16.7. The smallest absolute Gasteiger partial charge is 0.256 e. The highest BCUT2D eigenvalue weighted by molar-refractivity contribution is 6.03. The Balaban J connectivity index is 1.63. The van der Waals surface area contributed by atoms with E-state index in [2.05, 4.69) is 27.8 Å². The molecule has 6 heteroatoms. The maximum atomic E-state index is 12.9. The first-order valence-corrected chi connectivity index (χ1v) is 7.90. The van der Waals surface area contributed by atoms with Crippen LogP contribution in [0.4, 0.5) is 21.7 Å². The van der Waals surface area contributed by atoms with E-state index in [9.17, 15) is 9.18 Å². The van der Waals surface area contributed by atoms with E-state index in [1.807, 2.05) is 24.3 Å². The number of carbonyl (C=O) groups excluding carboxylic acids is 1. The van der Waals surface area contributed by atoms with Crippen molar-refractivity contribution >= 4 is 23.2 Å². The summed E-state index contributed by atoms with van der Waals surface area (Å²) in [6.07, 6.45) is 0.989. The zero-order valence-electron chi connectivity index (χ0n) is 13.7. The molecule has 0 aliphatic heterocycles. The van der Waals surface area contributed by atoms with Crippen molar-refractivity contribution in [3.63, 3.8) is 0 Å². The molecule has 2 N–H and O–H groups in total. The Morgan fingerprint density at radius 2 is 1.56 bits per heavy atom. The summed E-state index contributed by atoms with van der Waals surface area (Å²) >= 11 is 0. The summed E-state index contributed by atoms with van der Waals surface area (Å²) < 4.78 is 12.9. The zero-order valence-corrected chi connectivity index (χ0v) is 13.7. The Labute approximate surface area is 144 Å². The van der Waals surface area contributed by atoms with Crippen LogP contribution in [0.15, 0.2) is 60.7 Å². The van der Waals surface area contributed by atoms with Gasteiger partial charge in [-0.05, 0) is 60.5 Å². The van der Waals surface area contributed by atoms with Crippen LogP contribution in [0.25, 0.3) is 0 Å². The van der Waals surface area contributed by atoms with E-state index in [-0.39, 0.29) is 5.91 Å². The van der Waals surface area contributed by atoms with Gasteiger partial charge in [-0.15, -0.1) is 10.2 Å². The molecular formula is C19H17FN4O. The van der Waals surface area contributed by atoms with Gasteiger partial charge in [-0.3, -0.25) is 4.79 Å². The van der Waals surface area contributed by atoms with Crippen molar-refractivity contribution in [3.8, 4) is 0 Å². The fourth-order valence-corrected chi connectivity index (χ4v) is 2.23. The number of benzene rings is 2. The van der Waals surface area contributed by atoms with E-state index in [4.69, 9.17) is 0 Å². The monoisotopic (exact) mass is 336 g/mol. The number of aryl methyl sites for hydroxylation is 1. The predicted molar refractivity (Wildman–Crippen MR) is 95.5 cm³/mol. The number of nitrogens with one attached hydrogen (secondary N) is 2. The van der Waals surface area contributed by atoms with Gasteiger partial charge >= 0.3 is 0 Å². The van der Waals surface area contributed by atoms with Crippen LogP contribution in [-0.2, 0) is 6.42 Å². The van der Waals surface area contributed by atoms with Gasteiger partial charge in [-0.1, -0.05) is 19.1 Å². The van der Waals surface area contributed by atoms with Gasteiger partial charge in [-0.2, -0.15) is 0 Å². The van der Waals surface area contributed by atoms with Crippen molar-refractivity contribution in [2.75, 3.05) is 10.6 Å². The number of nitrogens with zero attached hydrogens (tertiary/aromatic N) is 2. The van der Waals surface area contributed by atoms with Crippen LogP contribution < -0.4 is 10.6 Å². The third-order valence-corrected chi connectivity index (χ3v) is 3.65. The van der Waals surface area contributed by atoms with Crippen molar-refractivity contribution in [2.24, 2.45) is 0 Å². The molecule has 0 bridgehead atoms. The van der Waals surface area contributed by atoms with Gasteiger partial charge in [-0.25, -0.2) is 4.39 Å². The third-order valence-electron chi connectivity index (χ3n) is 3.65. The van der Waals surface area contributed by atoms with E-state index in [0.717, 1.165) is 12.1 Å². The highest BCUT2D eigenvalue weighted by Crippen LogP contribution is 2.16. The third kappa shape index (κ3) is 4.38. The summed E-state index contributed by atoms with van der Waals surface area (Å²) in [5.41, 5.74) is 2.52. The number of amides is 1. The second-order valence-corrected chi connectivity index (χ2v) is 5.44. The quantitative estimate of drug-likeness (QED) is 0.734. The maximum absolute atomic E-state index is 12.9. The van der Waals surface area contributed by atoms with Crippen LogP contribution in [0.3, 0.4) is 0 Å². The van der Waals surface area contributed by atoms with Gasteiger partial charge in [0.2, 0.25) is 0 Å². The molecule has 25 heavy (non-hydrogen) atoms. The lowest BCUT2D eigenvalue weighted by atomic mass is 10.1. The second kappa shape index (κ2) is 7.53. The number of hydrogen-bond acceptors (Lipinski definition) is 4. The number of aromatic nitrogens is 2. The molecule has 1 heterocycles. The zero-order chi connectivity index (χ0) is 17.6. The molecule has 0 aliphatic rings. The van der Waals surface area contributed by atoms with Crippen LogP contribution in [0.5, 0.6) is 0 Å². The van der Waals surface area contributed by atoms with Crippen molar-refractivity contribution in [3.05, 3.63) is 77.6 Å². The molecule has 0 saturated heterocycles. The van der Waals surface area contributed by atoms with Gasteiger partial charge in [0, 0.05) is 11.3 Å². The molecule has 0 spiro atoms. The molecule has 5 nitrogen and oxygen atoms in total. The van der Waals surface area contributed by atoms with E-state index >= 15 is 0 Å². The van der Waals surface area contributed by atoms with Crippen LogP contribution >= 0.6 is 0 Å². The van der Waals surface area contributed by atoms with E-state index in [1.165, 1.54) is 29.8 Å². The Kier molecular flexibility index (Phi) is 4.99. The highest BCUT2D eigenvalue weighted by atomic mass is 19.1. The van der Waals surface area contributed by atoms with Gasteiger partial charge in [0.1, 0.15) is 5.82 Å². The minimum atomic E-state index is -0.390. The van der Waals surface area contributed by atoms with Crippen molar-refractivity contribution in [1.29, 1.82) is 0 Å². The lowest BCUT2D eigenvalue weighted by Crippen LogP contribution is -2.13. The first-order valence-electron chi connectivity index (χ1n) is 7.90. The van der Waals surface area contributed by atoms with Gasteiger partial charge in [0.25, 0.3) is 5.91 Å². The molecule has 0 unspecified atom stereocenters. The number of anilines is 3. The highest BCUT2D eigenvalue weighted by Gasteiger charge is 2.07. The Bertz CT molecular complexity index is 846. The minimum Gasteiger partial charge on any atom is -0.339 e. The molecule has 0 atom stereocenters. The fourth-order valence-electron chi connectivity index (χ4n) is 2.23. The molecule has 1 amide bonds. The standard InChI is InChI=1S/C19H17FN4O/c1-2-13-3-9-16(10-4-13)21-17-11-12-18(24-23-17)22-19(25)14-5-7-15(20)8-6-14/h3-12H,2H2,1H3,(H,21,23)(H,22,24,25). The molecule has 0 radical (unpaired) electrons. The average molecular weight is 336 g/mol. The van der Waals surface area contributed by atoms with Gasteiger partial charge < -0.3 is 10.6 Å². The number of halogens is 1. The summed E-state index contributed by atoms with van der Waals surface area (Å²) in [6.45, 7) is 2.10. The summed E-state index contributed by atoms with van der Waals surface area (Å²) in [7, 11) is 0. The first-order chi connectivity index (χ1) is 12.1. The normalized spacial score (nSPS) is 10.3. The molecule has 0 aliphatic carbocycles. The molecule has 0 saturated carbocycles. The fraction of sp³-hybridized carbons (Fsp3) is 0.105. The Hall–Kier alpha value is -3.28. The predicted octanol–water partition coefficient (Wildman–Crippen LogP) is 4.17. The van der Waals surface area contributed by atoms with Crippen LogP contribution in [0.2, 0.25) is 0 Å². The minimum absolute atomic E-state index is 0.321. The molecule has 3 rings (SSSR count). The van der Waals surface area contributed by atoms with Gasteiger partial charge in [0.15, 0.2) is 11.6 Å². The maximum Gasteiger partial charge on any atom is 0.256 e. The lowest BCUT2D eigenvalue weighted by molar-refractivity contribution is 0.102.